The summed E-state index contributed by atoms with van der Waals surface area (Å²) in [5.41, 5.74) is 2.45. The molecule has 3 amide bonds. The minimum atomic E-state index is -0.639. The molecule has 0 saturated heterocycles. The molecule has 0 unspecified atom stereocenters. The van der Waals surface area contributed by atoms with Crippen molar-refractivity contribution in [2.75, 3.05) is 23.0 Å². The van der Waals surface area contributed by atoms with Gasteiger partial charge in [0.15, 0.2) is 5.13 Å². The van der Waals surface area contributed by atoms with Gasteiger partial charge in [-0.1, -0.05) is 42.5 Å². The fourth-order valence-corrected chi connectivity index (χ4v) is 5.70. The molecule has 0 atom stereocenters. The van der Waals surface area contributed by atoms with Gasteiger partial charge in [0.25, 0.3) is 11.8 Å². The van der Waals surface area contributed by atoms with Crippen LogP contribution in [0.4, 0.5) is 15.2 Å². The van der Waals surface area contributed by atoms with E-state index in [1.807, 2.05) is 42.6 Å². The lowest BCUT2D eigenvalue weighted by Crippen LogP contribution is -2.30. The Balaban J connectivity index is 1.21. The highest BCUT2D eigenvalue weighted by molar-refractivity contribution is 8.00. The summed E-state index contributed by atoms with van der Waals surface area (Å²) in [5, 5.41) is 10.6. The number of aromatic nitrogens is 1. The zero-order valence-corrected chi connectivity index (χ0v) is 26.3. The summed E-state index contributed by atoms with van der Waals surface area (Å²) in [6, 6.07) is 28.9. The van der Waals surface area contributed by atoms with E-state index in [0.717, 1.165) is 21.9 Å². The van der Waals surface area contributed by atoms with Crippen LogP contribution in [0, 0.1) is 5.82 Å². The topological polar surface area (TPSA) is 109 Å². The average Bonchev–Trinajstić information content (AvgIpc) is 3.54. The molecule has 5 aromatic rings. The number of halogens is 1. The monoisotopic (exact) mass is 652 g/mol. The van der Waals surface area contributed by atoms with Crippen molar-refractivity contribution in [3.63, 3.8) is 0 Å². The molecular weight excluding hydrogens is 624 g/mol. The Bertz CT molecular complexity index is 1860. The van der Waals surface area contributed by atoms with E-state index in [2.05, 4.69) is 20.9 Å². The van der Waals surface area contributed by atoms with Crippen molar-refractivity contribution in [1.82, 2.24) is 10.3 Å². The van der Waals surface area contributed by atoms with Gasteiger partial charge in [-0.15, -0.1) is 23.1 Å². The number of carbonyl (C=O) groups excluding carboxylic acids is 3. The van der Waals surface area contributed by atoms with Crippen molar-refractivity contribution < 1.29 is 23.5 Å². The predicted octanol–water partition coefficient (Wildman–Crippen LogP) is 7.49. The van der Waals surface area contributed by atoms with E-state index in [0.29, 0.717) is 23.0 Å². The van der Waals surface area contributed by atoms with Crippen LogP contribution in [0.2, 0.25) is 0 Å². The van der Waals surface area contributed by atoms with Gasteiger partial charge < -0.3 is 20.7 Å². The number of thioether (sulfide) groups is 1. The molecule has 46 heavy (non-hydrogen) atoms. The highest BCUT2D eigenvalue weighted by atomic mass is 32.2. The fraction of sp³-hybridized carbons (Fsp3) is 0.0857. The van der Waals surface area contributed by atoms with E-state index in [9.17, 15) is 18.8 Å². The number of carbonyl (C=O) groups is 3. The quantitative estimate of drug-likeness (QED) is 0.0952. The van der Waals surface area contributed by atoms with Crippen LogP contribution in [-0.4, -0.2) is 35.1 Å². The van der Waals surface area contributed by atoms with Crippen LogP contribution in [0.1, 0.15) is 22.8 Å². The maximum Gasteiger partial charge on any atom is 0.272 e. The van der Waals surface area contributed by atoms with Crippen molar-refractivity contribution in [1.29, 1.82) is 0 Å². The fourth-order valence-electron chi connectivity index (χ4n) is 4.21. The van der Waals surface area contributed by atoms with Crippen LogP contribution in [0.5, 0.6) is 5.75 Å². The first-order chi connectivity index (χ1) is 22.4. The summed E-state index contributed by atoms with van der Waals surface area (Å²) < 4.78 is 19.9. The first kappa shape index (κ1) is 32.1. The van der Waals surface area contributed by atoms with Crippen molar-refractivity contribution in [2.45, 2.75) is 11.8 Å². The van der Waals surface area contributed by atoms with E-state index in [1.54, 1.807) is 54.6 Å². The normalized spacial score (nSPS) is 11.0. The van der Waals surface area contributed by atoms with Crippen LogP contribution in [-0.2, 0) is 9.59 Å². The Kier molecular flexibility index (Phi) is 10.9. The number of hydrogen-bond acceptors (Lipinski definition) is 7. The van der Waals surface area contributed by atoms with E-state index < -0.39 is 17.6 Å². The summed E-state index contributed by atoms with van der Waals surface area (Å²) in [4.78, 5) is 44.1. The molecule has 3 N–H and O–H groups in total. The smallest absolute Gasteiger partial charge is 0.272 e. The van der Waals surface area contributed by atoms with E-state index in [1.165, 1.54) is 47.4 Å². The second-order valence-electron chi connectivity index (χ2n) is 9.71. The van der Waals surface area contributed by atoms with Crippen molar-refractivity contribution >= 4 is 57.7 Å². The molecule has 1 aromatic heterocycles. The Morgan fingerprint density at radius 2 is 1.67 bits per heavy atom. The van der Waals surface area contributed by atoms with Gasteiger partial charge in [0.1, 0.15) is 17.3 Å². The number of nitrogens with zero attached hydrogens (tertiary/aromatic N) is 1. The Morgan fingerprint density at radius 3 is 2.43 bits per heavy atom. The van der Waals surface area contributed by atoms with Gasteiger partial charge in [-0.05, 0) is 73.7 Å². The molecule has 0 saturated carbocycles. The Hall–Kier alpha value is -5.26. The number of hydrogen-bond donors (Lipinski definition) is 3. The molecular formula is C35H29FN4O4S2. The average molecular weight is 653 g/mol. The molecule has 0 spiro atoms. The molecule has 8 nitrogen and oxygen atoms in total. The Labute approximate surface area is 273 Å². The van der Waals surface area contributed by atoms with Crippen LogP contribution >= 0.6 is 23.1 Å². The molecule has 1 heterocycles. The van der Waals surface area contributed by atoms with Crippen molar-refractivity contribution in [3.8, 4) is 17.0 Å². The molecule has 0 bridgehead atoms. The molecule has 232 valence electrons. The lowest BCUT2D eigenvalue weighted by molar-refractivity contribution is -0.114. The number of nitrogens with one attached hydrogen (secondary N) is 3. The lowest BCUT2D eigenvalue weighted by atomic mass is 10.1. The van der Waals surface area contributed by atoms with Crippen LogP contribution in [0.15, 0.2) is 119 Å². The summed E-state index contributed by atoms with van der Waals surface area (Å²) in [6.07, 6.45) is 1.29. The largest absolute Gasteiger partial charge is 0.494 e. The van der Waals surface area contributed by atoms with Gasteiger partial charge >= 0.3 is 0 Å². The second-order valence-corrected chi connectivity index (χ2v) is 11.6. The molecule has 4 aromatic carbocycles. The van der Waals surface area contributed by atoms with Crippen LogP contribution in [0.25, 0.3) is 17.3 Å². The first-order valence-corrected chi connectivity index (χ1v) is 16.1. The predicted molar refractivity (Wildman–Crippen MR) is 181 cm³/mol. The van der Waals surface area contributed by atoms with Gasteiger partial charge in [0.05, 0.1) is 18.1 Å². The standard InChI is InChI=1S/C35H29FN4O4S2/c1-2-44-27-17-15-23(16-18-27)31-21-46-35(39-31)40-32(41)22-45-28-13-8-12-26(20-28)37-34(43)30(19-25-11-6-7-14-29(25)36)38-33(42)24-9-4-3-5-10-24/h3-21H,2,22H2,1H3,(H,37,43)(H,38,42)(H,39,40,41)/b30-19-. The molecule has 0 aliphatic heterocycles. The summed E-state index contributed by atoms with van der Waals surface area (Å²) in [5.74, 6) is -1.03. The van der Waals surface area contributed by atoms with Gasteiger partial charge in [-0.25, -0.2) is 9.37 Å². The van der Waals surface area contributed by atoms with E-state index >= 15 is 0 Å². The third kappa shape index (κ3) is 8.90. The summed E-state index contributed by atoms with van der Waals surface area (Å²) in [6.45, 7) is 2.52. The zero-order chi connectivity index (χ0) is 32.3. The van der Waals surface area contributed by atoms with E-state index in [-0.39, 0.29) is 22.9 Å². The minimum Gasteiger partial charge on any atom is -0.494 e. The van der Waals surface area contributed by atoms with Crippen molar-refractivity contribution in [2.24, 2.45) is 0 Å². The molecule has 5 rings (SSSR count). The minimum absolute atomic E-state index is 0.112. The summed E-state index contributed by atoms with van der Waals surface area (Å²) >= 11 is 2.62. The number of amides is 3. The maximum atomic E-state index is 14.4. The maximum absolute atomic E-state index is 14.4. The van der Waals surface area contributed by atoms with E-state index in [4.69, 9.17) is 4.74 Å². The number of ether oxygens (including phenoxy) is 1. The van der Waals surface area contributed by atoms with Crippen LogP contribution < -0.4 is 20.7 Å². The van der Waals surface area contributed by atoms with Gasteiger partial charge in [-0.3, -0.25) is 14.4 Å². The third-order valence-corrected chi connectivity index (χ3v) is 8.16. The molecule has 11 heteroatoms. The lowest BCUT2D eigenvalue weighted by Gasteiger charge is -2.12. The zero-order valence-electron chi connectivity index (χ0n) is 24.7. The first-order valence-electron chi connectivity index (χ1n) is 14.2. The second kappa shape index (κ2) is 15.6. The van der Waals surface area contributed by atoms with Gasteiger partial charge in [0, 0.05) is 32.7 Å². The third-order valence-electron chi connectivity index (χ3n) is 6.41. The molecule has 0 radical (unpaired) electrons. The SMILES string of the molecule is CCOc1ccc(-c2csc(NC(=O)CSc3cccc(NC(=O)/C(=C/c4ccccc4F)NC(=O)c4ccccc4)c3)n2)cc1. The van der Waals surface area contributed by atoms with Gasteiger partial charge in [-0.2, -0.15) is 0 Å². The highest BCUT2D eigenvalue weighted by Gasteiger charge is 2.16. The molecule has 0 aliphatic rings. The number of rotatable bonds is 12. The number of anilines is 2. The summed E-state index contributed by atoms with van der Waals surface area (Å²) in [7, 11) is 0. The number of thiazole rings is 1. The Morgan fingerprint density at radius 1 is 0.913 bits per heavy atom. The van der Waals surface area contributed by atoms with Crippen molar-refractivity contribution in [3.05, 3.63) is 131 Å². The highest BCUT2D eigenvalue weighted by Crippen LogP contribution is 2.27. The molecule has 0 fully saturated rings. The molecule has 0 aliphatic carbocycles. The van der Waals surface area contributed by atoms with Gasteiger partial charge in [0.2, 0.25) is 5.91 Å². The van der Waals surface area contributed by atoms with Crippen LogP contribution in [0.3, 0.4) is 0 Å². The number of benzene rings is 4.